The molecular weight excluding hydrogens is 356 g/mol. The Balaban J connectivity index is 1.57. The number of rotatable bonds is 7. The topological polar surface area (TPSA) is 99.9 Å². The lowest BCUT2D eigenvalue weighted by Gasteiger charge is -2.32. The number of hydrogen-bond acceptors (Lipinski definition) is 5. The van der Waals surface area contributed by atoms with Crippen LogP contribution in [0, 0.1) is 0 Å². The van der Waals surface area contributed by atoms with E-state index in [0.29, 0.717) is 12.0 Å². The third-order valence-corrected chi connectivity index (χ3v) is 6.24. The van der Waals surface area contributed by atoms with E-state index >= 15 is 0 Å². The van der Waals surface area contributed by atoms with E-state index in [1.807, 2.05) is 19.1 Å². The van der Waals surface area contributed by atoms with Gasteiger partial charge in [0, 0.05) is 31.1 Å². The number of piperidine rings is 1. The van der Waals surface area contributed by atoms with Crippen LogP contribution in [0.25, 0.3) is 11.0 Å². The van der Waals surface area contributed by atoms with E-state index in [0.717, 1.165) is 43.4 Å². The number of sulfonamides is 1. The molecule has 142 valence electrons. The molecular formula is C18H24N2O5S. The summed E-state index contributed by atoms with van der Waals surface area (Å²) in [7, 11) is -3.16. The van der Waals surface area contributed by atoms with E-state index < -0.39 is 16.0 Å². The number of nitrogens with zero attached hydrogens (tertiary/aromatic N) is 1. The van der Waals surface area contributed by atoms with Crippen molar-refractivity contribution < 1.29 is 22.7 Å². The molecule has 1 aliphatic rings. The molecule has 2 aromatic rings. The summed E-state index contributed by atoms with van der Waals surface area (Å²) in [4.78, 5) is 13.3. The van der Waals surface area contributed by atoms with Gasteiger partial charge in [-0.2, -0.15) is 0 Å². The Morgan fingerprint density at radius 1 is 1.31 bits per heavy atom. The number of aromatic carboxylic acids is 1. The molecule has 0 radical (unpaired) electrons. The van der Waals surface area contributed by atoms with Crippen LogP contribution in [-0.2, 0) is 16.6 Å². The van der Waals surface area contributed by atoms with Crippen LogP contribution in [0.5, 0.6) is 0 Å². The lowest BCUT2D eigenvalue weighted by molar-refractivity contribution is 0.0665. The van der Waals surface area contributed by atoms with Crippen molar-refractivity contribution in [2.75, 3.05) is 18.8 Å². The molecule has 2 N–H and O–H groups in total. The zero-order valence-electron chi connectivity index (χ0n) is 14.8. The number of carboxylic acids is 1. The third kappa shape index (κ3) is 4.63. The fourth-order valence-corrected chi connectivity index (χ4v) is 4.74. The number of nitrogens with one attached hydrogen (secondary N) is 1. The number of benzene rings is 1. The van der Waals surface area contributed by atoms with Crippen molar-refractivity contribution in [3.05, 3.63) is 35.6 Å². The lowest BCUT2D eigenvalue weighted by atomic mass is 10.0. The first-order valence-corrected chi connectivity index (χ1v) is 10.5. The molecule has 1 aliphatic heterocycles. The number of fused-ring (bicyclic) bond motifs is 1. The van der Waals surface area contributed by atoms with Gasteiger partial charge in [-0.05, 0) is 43.0 Å². The first kappa shape index (κ1) is 18.9. The maximum absolute atomic E-state index is 11.9. The zero-order chi connectivity index (χ0) is 18.7. The molecule has 1 aromatic carbocycles. The van der Waals surface area contributed by atoms with Gasteiger partial charge in [0.1, 0.15) is 5.58 Å². The summed E-state index contributed by atoms with van der Waals surface area (Å²) in [5, 5.41) is 9.78. The zero-order valence-corrected chi connectivity index (χ0v) is 15.6. The smallest absolute Gasteiger partial charge is 0.371 e. The van der Waals surface area contributed by atoms with Crippen LogP contribution in [-0.4, -0.2) is 49.3 Å². The first-order valence-electron chi connectivity index (χ1n) is 8.84. The molecule has 0 bridgehead atoms. The van der Waals surface area contributed by atoms with Gasteiger partial charge in [-0.3, -0.25) is 4.90 Å². The Kier molecular flexibility index (Phi) is 5.64. The lowest BCUT2D eigenvalue weighted by Crippen LogP contribution is -2.44. The average molecular weight is 380 g/mol. The Hall–Kier alpha value is -1.90. The van der Waals surface area contributed by atoms with Crippen molar-refractivity contribution in [3.8, 4) is 0 Å². The molecule has 7 nitrogen and oxygen atoms in total. The summed E-state index contributed by atoms with van der Waals surface area (Å²) in [6.07, 6.45) is 2.20. The normalized spacial score (nSPS) is 17.0. The molecule has 0 aliphatic carbocycles. The minimum absolute atomic E-state index is 0.0114. The minimum Gasteiger partial charge on any atom is -0.475 e. The highest BCUT2D eigenvalue weighted by atomic mass is 32.2. The van der Waals surface area contributed by atoms with Crippen molar-refractivity contribution in [1.29, 1.82) is 0 Å². The van der Waals surface area contributed by atoms with Crippen LogP contribution >= 0.6 is 0 Å². The molecule has 1 aromatic heterocycles. The summed E-state index contributed by atoms with van der Waals surface area (Å²) in [6, 6.07) is 7.23. The van der Waals surface area contributed by atoms with Gasteiger partial charge < -0.3 is 9.52 Å². The summed E-state index contributed by atoms with van der Waals surface area (Å²) in [6.45, 7) is 4.25. The van der Waals surface area contributed by atoms with Crippen LogP contribution in [0.2, 0.25) is 0 Å². The summed E-state index contributed by atoms with van der Waals surface area (Å²) in [5.74, 6) is -0.955. The second kappa shape index (κ2) is 7.77. The van der Waals surface area contributed by atoms with Crippen LogP contribution < -0.4 is 4.72 Å². The number of carboxylic acid groups (broad SMARTS) is 1. The number of carbonyl (C=O) groups is 1. The van der Waals surface area contributed by atoms with Gasteiger partial charge in [0.2, 0.25) is 15.8 Å². The fourth-order valence-electron chi connectivity index (χ4n) is 3.35. The number of likely N-dealkylation sites (tertiary alicyclic amines) is 1. The fraction of sp³-hybridized carbons (Fsp3) is 0.500. The van der Waals surface area contributed by atoms with Crippen molar-refractivity contribution in [2.45, 2.75) is 38.8 Å². The number of furan rings is 1. The average Bonchev–Trinajstić information content (AvgIpc) is 3.00. The molecule has 2 heterocycles. The van der Waals surface area contributed by atoms with E-state index in [9.17, 15) is 13.2 Å². The summed E-state index contributed by atoms with van der Waals surface area (Å²) >= 11 is 0. The van der Waals surface area contributed by atoms with E-state index in [-0.39, 0.29) is 17.6 Å². The largest absolute Gasteiger partial charge is 0.475 e. The molecule has 0 amide bonds. The van der Waals surface area contributed by atoms with Gasteiger partial charge in [-0.1, -0.05) is 13.0 Å². The van der Waals surface area contributed by atoms with Gasteiger partial charge in [0.15, 0.2) is 0 Å². The van der Waals surface area contributed by atoms with Gasteiger partial charge in [0.05, 0.1) is 5.75 Å². The molecule has 0 unspecified atom stereocenters. The second-order valence-electron chi connectivity index (χ2n) is 6.78. The maximum Gasteiger partial charge on any atom is 0.371 e. The Bertz CT molecular complexity index is 882. The summed E-state index contributed by atoms with van der Waals surface area (Å²) in [5.41, 5.74) is 1.65. The second-order valence-corrected chi connectivity index (χ2v) is 8.65. The highest BCUT2D eigenvalue weighted by molar-refractivity contribution is 7.89. The van der Waals surface area contributed by atoms with Gasteiger partial charge in [-0.15, -0.1) is 0 Å². The van der Waals surface area contributed by atoms with E-state index in [1.54, 1.807) is 6.07 Å². The Labute approximate surface area is 153 Å². The SMILES string of the molecule is CCCS(=O)(=O)NC1CCN(Cc2ccc3oc(C(=O)O)cc3c2)CC1. The minimum atomic E-state index is -3.16. The standard InChI is InChI=1S/C18H24N2O5S/c1-2-9-26(23,24)19-15-5-7-20(8-6-15)12-13-3-4-16-14(10-13)11-17(25-16)18(21)22/h3-4,10-11,15,19H,2,5-9,12H2,1H3,(H,21,22). The highest BCUT2D eigenvalue weighted by Gasteiger charge is 2.23. The van der Waals surface area contributed by atoms with E-state index in [2.05, 4.69) is 9.62 Å². The van der Waals surface area contributed by atoms with Crippen molar-refractivity contribution >= 4 is 27.0 Å². The molecule has 0 spiro atoms. The highest BCUT2D eigenvalue weighted by Crippen LogP contribution is 2.22. The predicted molar refractivity (Wildman–Crippen MR) is 98.7 cm³/mol. The molecule has 0 saturated carbocycles. The molecule has 3 rings (SSSR count). The Morgan fingerprint density at radius 3 is 2.69 bits per heavy atom. The third-order valence-electron chi connectivity index (χ3n) is 4.60. The van der Waals surface area contributed by atoms with Crippen molar-refractivity contribution in [2.24, 2.45) is 0 Å². The molecule has 0 atom stereocenters. The Morgan fingerprint density at radius 2 is 2.04 bits per heavy atom. The van der Waals surface area contributed by atoms with Crippen LogP contribution in [0.15, 0.2) is 28.7 Å². The van der Waals surface area contributed by atoms with Crippen LogP contribution in [0.1, 0.15) is 42.3 Å². The van der Waals surface area contributed by atoms with E-state index in [4.69, 9.17) is 9.52 Å². The molecule has 26 heavy (non-hydrogen) atoms. The first-order chi connectivity index (χ1) is 12.4. The van der Waals surface area contributed by atoms with Crippen LogP contribution in [0.4, 0.5) is 0 Å². The van der Waals surface area contributed by atoms with Crippen LogP contribution in [0.3, 0.4) is 0 Å². The van der Waals surface area contributed by atoms with Gasteiger partial charge in [0.25, 0.3) is 0 Å². The van der Waals surface area contributed by atoms with Crippen molar-refractivity contribution in [1.82, 2.24) is 9.62 Å². The van der Waals surface area contributed by atoms with Gasteiger partial charge in [-0.25, -0.2) is 17.9 Å². The van der Waals surface area contributed by atoms with Gasteiger partial charge >= 0.3 is 5.97 Å². The molecule has 8 heteroatoms. The maximum atomic E-state index is 11.9. The summed E-state index contributed by atoms with van der Waals surface area (Å²) < 4.78 is 31.8. The monoisotopic (exact) mass is 380 g/mol. The van der Waals surface area contributed by atoms with E-state index in [1.165, 1.54) is 6.07 Å². The quantitative estimate of drug-likeness (QED) is 0.765. The number of hydrogen-bond donors (Lipinski definition) is 2. The predicted octanol–water partition coefficient (Wildman–Crippen LogP) is 2.42. The molecule has 1 saturated heterocycles. The van der Waals surface area contributed by atoms with Crippen molar-refractivity contribution in [3.63, 3.8) is 0 Å². The molecule has 1 fully saturated rings.